The molecule has 0 bridgehead atoms. The highest BCUT2D eigenvalue weighted by Crippen LogP contribution is 2.05. The number of Topliss-reactive ketones (excluding diaryl/α,β-unsaturated/α-hetero) is 1. The minimum atomic E-state index is 0.106. The van der Waals surface area contributed by atoms with Crippen LogP contribution in [0.15, 0.2) is 84.1 Å². The molecule has 0 N–H and O–H groups in total. The van der Waals surface area contributed by atoms with Gasteiger partial charge in [0, 0.05) is 18.0 Å². The number of rotatable bonds is 5. The van der Waals surface area contributed by atoms with Crippen molar-refractivity contribution in [1.82, 2.24) is 4.57 Å². The Morgan fingerprint density at radius 1 is 0.917 bits per heavy atom. The minimum absolute atomic E-state index is 0.106. The molecule has 1 heterocycles. The highest BCUT2D eigenvalue weighted by molar-refractivity contribution is 5.95. The van der Waals surface area contributed by atoms with Gasteiger partial charge >= 0.3 is 0 Å². The summed E-state index contributed by atoms with van der Waals surface area (Å²) in [7, 11) is 0. The first-order valence-corrected chi connectivity index (χ1v) is 8.01. The van der Waals surface area contributed by atoms with Gasteiger partial charge in [-0.3, -0.25) is 9.79 Å². The van der Waals surface area contributed by atoms with E-state index in [1.54, 1.807) is 0 Å². The maximum Gasteiger partial charge on any atom is 0.182 e. The van der Waals surface area contributed by atoms with Crippen LogP contribution in [-0.2, 0) is 13.1 Å². The summed E-state index contributed by atoms with van der Waals surface area (Å²) < 4.78 is 1.88. The number of hydrogen-bond donors (Lipinski definition) is 0. The van der Waals surface area contributed by atoms with Crippen LogP contribution in [0.3, 0.4) is 0 Å². The van der Waals surface area contributed by atoms with Crippen molar-refractivity contribution in [2.24, 2.45) is 4.99 Å². The lowest BCUT2D eigenvalue weighted by molar-refractivity contribution is 0.0972. The van der Waals surface area contributed by atoms with Crippen molar-refractivity contribution in [3.05, 3.63) is 101 Å². The van der Waals surface area contributed by atoms with Gasteiger partial charge in [0.25, 0.3) is 0 Å². The molecule has 3 aromatic rings. The van der Waals surface area contributed by atoms with Crippen LogP contribution in [0.1, 0.15) is 21.5 Å². The summed E-state index contributed by atoms with van der Waals surface area (Å²) >= 11 is 0. The van der Waals surface area contributed by atoms with Gasteiger partial charge in [-0.25, -0.2) is 0 Å². The van der Waals surface area contributed by atoms with Crippen molar-refractivity contribution in [2.45, 2.75) is 20.0 Å². The van der Waals surface area contributed by atoms with Crippen molar-refractivity contribution in [2.75, 3.05) is 0 Å². The Labute approximate surface area is 141 Å². The lowest BCUT2D eigenvalue weighted by Crippen LogP contribution is -2.12. The smallest absolute Gasteiger partial charge is 0.182 e. The Morgan fingerprint density at radius 2 is 1.58 bits per heavy atom. The quantitative estimate of drug-likeness (QED) is 0.660. The zero-order valence-electron chi connectivity index (χ0n) is 13.7. The molecule has 0 atom stereocenters. The van der Waals surface area contributed by atoms with Crippen LogP contribution in [0.4, 0.5) is 0 Å². The molecular weight excluding hydrogens is 296 g/mol. The number of nitrogens with zero attached hydrogens (tertiary/aromatic N) is 2. The maximum absolute atomic E-state index is 12.3. The average Bonchev–Trinajstić information content (AvgIpc) is 2.62. The van der Waals surface area contributed by atoms with Crippen LogP contribution in [-0.4, -0.2) is 10.4 Å². The fourth-order valence-corrected chi connectivity index (χ4v) is 2.42. The Morgan fingerprint density at radius 3 is 2.25 bits per heavy atom. The molecule has 0 aliphatic carbocycles. The first kappa shape index (κ1) is 15.9. The Bertz CT molecular complexity index is 857. The van der Waals surface area contributed by atoms with Gasteiger partial charge in [0.2, 0.25) is 0 Å². The summed E-state index contributed by atoms with van der Waals surface area (Å²) in [6.07, 6.45) is 3.80. The van der Waals surface area contributed by atoms with Crippen molar-refractivity contribution in [3.63, 3.8) is 0 Å². The Balaban J connectivity index is 1.66. The van der Waals surface area contributed by atoms with Gasteiger partial charge in [0.1, 0.15) is 0 Å². The van der Waals surface area contributed by atoms with Crippen LogP contribution in [0.5, 0.6) is 0 Å². The number of benzene rings is 2. The lowest BCUT2D eigenvalue weighted by Gasteiger charge is -2.06. The molecule has 3 rings (SSSR count). The van der Waals surface area contributed by atoms with Crippen LogP contribution in [0, 0.1) is 6.92 Å². The van der Waals surface area contributed by atoms with Gasteiger partial charge in [-0.1, -0.05) is 60.2 Å². The van der Waals surface area contributed by atoms with Crippen molar-refractivity contribution in [3.8, 4) is 0 Å². The second-order valence-electron chi connectivity index (χ2n) is 5.82. The summed E-state index contributed by atoms with van der Waals surface area (Å²) in [5, 5.41) is 0.915. The second kappa shape index (κ2) is 7.55. The van der Waals surface area contributed by atoms with Gasteiger partial charge in [-0.2, -0.15) is 0 Å². The molecule has 120 valence electrons. The SMILES string of the molecule is Cc1ccc(C(=O)Cn2ccc(=NCc3ccccc3)cc2)cc1. The van der Waals surface area contributed by atoms with Crippen molar-refractivity contribution in [1.29, 1.82) is 0 Å². The highest BCUT2D eigenvalue weighted by Gasteiger charge is 2.05. The number of carbonyl (C=O) groups is 1. The van der Waals surface area contributed by atoms with Crippen LogP contribution in [0.2, 0.25) is 0 Å². The first-order valence-electron chi connectivity index (χ1n) is 8.01. The molecule has 24 heavy (non-hydrogen) atoms. The number of aromatic nitrogens is 1. The first-order chi connectivity index (χ1) is 11.7. The number of carbonyl (C=O) groups excluding carboxylic acids is 1. The van der Waals surface area contributed by atoms with E-state index in [4.69, 9.17) is 0 Å². The van der Waals surface area contributed by atoms with E-state index in [0.29, 0.717) is 13.1 Å². The molecule has 0 amide bonds. The third-order valence-electron chi connectivity index (χ3n) is 3.86. The van der Waals surface area contributed by atoms with E-state index >= 15 is 0 Å². The molecule has 3 heteroatoms. The van der Waals surface area contributed by atoms with Crippen molar-refractivity contribution < 1.29 is 4.79 Å². The molecule has 0 fully saturated rings. The predicted molar refractivity (Wildman–Crippen MR) is 95.7 cm³/mol. The monoisotopic (exact) mass is 316 g/mol. The largest absolute Gasteiger partial charge is 0.346 e. The zero-order chi connectivity index (χ0) is 16.8. The number of pyridine rings is 1. The van der Waals surface area contributed by atoms with Gasteiger partial charge < -0.3 is 4.57 Å². The van der Waals surface area contributed by atoms with Crippen LogP contribution in [0.25, 0.3) is 0 Å². The Hall–Kier alpha value is -2.94. The molecule has 0 aliphatic rings. The topological polar surface area (TPSA) is 34.4 Å². The normalized spacial score (nSPS) is 10.4. The number of aryl methyl sites for hydroxylation is 1. The molecule has 1 aromatic heterocycles. The summed E-state index contributed by atoms with van der Waals surface area (Å²) in [6, 6.07) is 21.7. The third kappa shape index (κ3) is 4.29. The average molecular weight is 316 g/mol. The van der Waals surface area contributed by atoms with E-state index in [2.05, 4.69) is 17.1 Å². The summed E-state index contributed by atoms with van der Waals surface area (Å²) in [5.41, 5.74) is 3.08. The summed E-state index contributed by atoms with van der Waals surface area (Å²) in [4.78, 5) is 16.8. The molecule has 0 radical (unpaired) electrons. The Kier molecular flexibility index (Phi) is 5.02. The van der Waals surface area contributed by atoms with Crippen molar-refractivity contribution >= 4 is 5.78 Å². The lowest BCUT2D eigenvalue weighted by atomic mass is 10.1. The second-order valence-corrected chi connectivity index (χ2v) is 5.82. The molecule has 0 unspecified atom stereocenters. The molecule has 0 spiro atoms. The van der Waals surface area contributed by atoms with Gasteiger partial charge in [-0.15, -0.1) is 0 Å². The van der Waals surface area contributed by atoms with Gasteiger partial charge in [0.05, 0.1) is 18.4 Å². The molecule has 0 aliphatic heterocycles. The standard InChI is InChI=1S/C21H20N2O/c1-17-7-9-19(10-8-17)21(24)16-23-13-11-20(12-14-23)22-15-18-5-3-2-4-6-18/h2-14H,15-16H2,1H3. The highest BCUT2D eigenvalue weighted by atomic mass is 16.1. The number of hydrogen-bond acceptors (Lipinski definition) is 2. The van der Waals surface area contributed by atoms with E-state index in [1.165, 1.54) is 5.56 Å². The maximum atomic E-state index is 12.3. The van der Waals surface area contributed by atoms with Crippen LogP contribution < -0.4 is 5.36 Å². The molecule has 0 saturated carbocycles. The zero-order valence-corrected chi connectivity index (χ0v) is 13.7. The third-order valence-corrected chi connectivity index (χ3v) is 3.86. The summed E-state index contributed by atoms with van der Waals surface area (Å²) in [5.74, 6) is 0.106. The van der Waals surface area contributed by atoms with E-state index in [-0.39, 0.29) is 5.78 Å². The van der Waals surface area contributed by atoms with Gasteiger partial charge in [-0.05, 0) is 24.6 Å². The minimum Gasteiger partial charge on any atom is -0.346 e. The van der Waals surface area contributed by atoms with E-state index in [0.717, 1.165) is 16.5 Å². The van der Waals surface area contributed by atoms with Crippen LogP contribution >= 0.6 is 0 Å². The van der Waals surface area contributed by atoms with E-state index in [1.807, 2.05) is 78.5 Å². The number of ketones is 1. The molecule has 0 saturated heterocycles. The molecule has 3 nitrogen and oxygen atoms in total. The fourth-order valence-electron chi connectivity index (χ4n) is 2.42. The van der Waals surface area contributed by atoms with Gasteiger partial charge in [0.15, 0.2) is 5.78 Å². The fraction of sp³-hybridized carbons (Fsp3) is 0.143. The molecule has 2 aromatic carbocycles. The molecular formula is C21H20N2O. The van der Waals surface area contributed by atoms with E-state index in [9.17, 15) is 4.79 Å². The summed E-state index contributed by atoms with van der Waals surface area (Å²) in [6.45, 7) is 3.01. The van der Waals surface area contributed by atoms with E-state index < -0.39 is 0 Å². The predicted octanol–water partition coefficient (Wildman–Crippen LogP) is 3.78.